The molecular weight excluding hydrogens is 368 g/mol. The van der Waals surface area contributed by atoms with E-state index < -0.39 is 5.60 Å². The number of cyclic esters (lactones) is 1. The Labute approximate surface area is 171 Å². The molecule has 2 aromatic rings. The van der Waals surface area contributed by atoms with E-state index in [1.807, 2.05) is 51.2 Å². The second-order valence-corrected chi connectivity index (χ2v) is 8.18. The number of rotatable bonds is 3. The molecule has 1 atom stereocenters. The molecule has 4 rings (SSSR count). The molecule has 29 heavy (non-hydrogen) atoms. The molecule has 1 aliphatic carbocycles. The summed E-state index contributed by atoms with van der Waals surface area (Å²) in [4.78, 5) is 26.9. The van der Waals surface area contributed by atoms with Gasteiger partial charge in [-0.15, -0.1) is 0 Å². The van der Waals surface area contributed by atoms with Crippen LogP contribution in [0.15, 0.2) is 42.9 Å². The summed E-state index contributed by atoms with van der Waals surface area (Å²) in [6, 6.07) is 10.1. The highest BCUT2D eigenvalue weighted by Gasteiger charge is 2.41. The lowest BCUT2D eigenvalue weighted by Crippen LogP contribution is -2.36. The van der Waals surface area contributed by atoms with Crippen molar-refractivity contribution in [2.75, 3.05) is 0 Å². The second kappa shape index (κ2) is 9.11. The number of hydrogen-bond acceptors (Lipinski definition) is 4. The quantitative estimate of drug-likeness (QED) is 0.825. The van der Waals surface area contributed by atoms with Crippen LogP contribution in [0.4, 0.5) is 4.79 Å². The van der Waals surface area contributed by atoms with Crippen LogP contribution < -0.4 is 10.6 Å². The molecular formula is C22H30N4O3. The SMILES string of the molecule is CC1(C)OC(=O)N[C@H]1c1ccccc1.Cn1cncc1C(=O)NC1CCCCC1. The molecule has 1 aromatic heterocycles. The van der Waals surface area contributed by atoms with E-state index in [0.29, 0.717) is 11.7 Å². The normalized spacial score (nSPS) is 20.8. The van der Waals surface area contributed by atoms with Crippen LogP contribution in [0, 0.1) is 0 Å². The van der Waals surface area contributed by atoms with Gasteiger partial charge in [-0.2, -0.15) is 0 Å². The van der Waals surface area contributed by atoms with E-state index >= 15 is 0 Å². The first-order valence-corrected chi connectivity index (χ1v) is 10.2. The molecule has 0 bridgehead atoms. The highest BCUT2D eigenvalue weighted by atomic mass is 16.6. The molecule has 2 N–H and O–H groups in total. The van der Waals surface area contributed by atoms with Gasteiger partial charge in [0.25, 0.3) is 5.91 Å². The number of benzene rings is 1. The number of amides is 2. The van der Waals surface area contributed by atoms with Crippen molar-refractivity contribution in [2.24, 2.45) is 7.05 Å². The van der Waals surface area contributed by atoms with Gasteiger partial charge in [-0.05, 0) is 32.3 Å². The van der Waals surface area contributed by atoms with Crippen LogP contribution in [0.1, 0.15) is 68.0 Å². The van der Waals surface area contributed by atoms with Gasteiger partial charge in [0.2, 0.25) is 0 Å². The zero-order chi connectivity index (χ0) is 20.9. The first kappa shape index (κ1) is 20.9. The lowest BCUT2D eigenvalue weighted by molar-refractivity contribution is 0.0684. The molecule has 1 aliphatic heterocycles. The van der Waals surface area contributed by atoms with Gasteiger partial charge in [0.1, 0.15) is 11.3 Å². The van der Waals surface area contributed by atoms with Crippen molar-refractivity contribution in [2.45, 2.75) is 63.6 Å². The Kier molecular flexibility index (Phi) is 6.56. The van der Waals surface area contributed by atoms with Crippen molar-refractivity contribution in [3.63, 3.8) is 0 Å². The summed E-state index contributed by atoms with van der Waals surface area (Å²) in [5, 5.41) is 5.86. The van der Waals surface area contributed by atoms with Crippen LogP contribution in [0.5, 0.6) is 0 Å². The molecule has 7 heteroatoms. The van der Waals surface area contributed by atoms with Crippen molar-refractivity contribution >= 4 is 12.0 Å². The maximum absolute atomic E-state index is 11.8. The van der Waals surface area contributed by atoms with Gasteiger partial charge in [-0.25, -0.2) is 9.78 Å². The number of nitrogens with zero attached hydrogens (tertiary/aromatic N) is 2. The van der Waals surface area contributed by atoms with E-state index in [0.717, 1.165) is 18.4 Å². The van der Waals surface area contributed by atoms with Gasteiger partial charge < -0.3 is 19.9 Å². The molecule has 156 valence electrons. The monoisotopic (exact) mass is 398 g/mol. The summed E-state index contributed by atoms with van der Waals surface area (Å²) in [7, 11) is 1.84. The van der Waals surface area contributed by atoms with Crippen molar-refractivity contribution in [3.05, 3.63) is 54.1 Å². The number of alkyl carbamates (subject to hydrolysis) is 1. The molecule has 0 spiro atoms. The number of aromatic nitrogens is 2. The smallest absolute Gasteiger partial charge is 0.408 e. The lowest BCUT2D eigenvalue weighted by Gasteiger charge is -2.23. The minimum absolute atomic E-state index is 0.00176. The van der Waals surface area contributed by atoms with E-state index in [2.05, 4.69) is 15.6 Å². The number of carbonyl (C=O) groups is 2. The lowest BCUT2D eigenvalue weighted by atomic mass is 9.93. The van der Waals surface area contributed by atoms with Crippen molar-refractivity contribution in [3.8, 4) is 0 Å². The molecule has 7 nitrogen and oxygen atoms in total. The van der Waals surface area contributed by atoms with Crippen LogP contribution in [0.2, 0.25) is 0 Å². The summed E-state index contributed by atoms with van der Waals surface area (Å²) in [6.07, 6.45) is 8.91. The zero-order valence-electron chi connectivity index (χ0n) is 17.4. The Morgan fingerprint density at radius 2 is 1.90 bits per heavy atom. The highest BCUT2D eigenvalue weighted by molar-refractivity contribution is 5.92. The molecule has 2 heterocycles. The Morgan fingerprint density at radius 1 is 1.21 bits per heavy atom. The van der Waals surface area contributed by atoms with Crippen LogP contribution in [0.3, 0.4) is 0 Å². The molecule has 0 unspecified atom stereocenters. The first-order valence-electron chi connectivity index (χ1n) is 10.2. The second-order valence-electron chi connectivity index (χ2n) is 8.18. The number of nitrogens with one attached hydrogen (secondary N) is 2. The van der Waals surface area contributed by atoms with Crippen molar-refractivity contribution in [1.82, 2.24) is 20.2 Å². The predicted octanol–water partition coefficient (Wildman–Crippen LogP) is 3.73. The summed E-state index contributed by atoms with van der Waals surface area (Å²) in [6.45, 7) is 3.81. The van der Waals surface area contributed by atoms with Gasteiger partial charge in [0.05, 0.1) is 18.6 Å². The van der Waals surface area contributed by atoms with E-state index in [9.17, 15) is 9.59 Å². The Hall–Kier alpha value is -2.83. The van der Waals surface area contributed by atoms with Crippen molar-refractivity contribution in [1.29, 1.82) is 0 Å². The van der Waals surface area contributed by atoms with Crippen molar-refractivity contribution < 1.29 is 14.3 Å². The predicted molar refractivity (Wildman–Crippen MR) is 110 cm³/mol. The molecule has 1 aromatic carbocycles. The number of aryl methyl sites for hydroxylation is 1. The van der Waals surface area contributed by atoms with Crippen LogP contribution >= 0.6 is 0 Å². The number of ether oxygens (including phenoxy) is 1. The fourth-order valence-electron chi connectivity index (χ4n) is 3.83. The van der Waals surface area contributed by atoms with Crippen LogP contribution in [0.25, 0.3) is 0 Å². The van der Waals surface area contributed by atoms with Gasteiger partial charge >= 0.3 is 6.09 Å². The molecule has 1 saturated heterocycles. The fourth-order valence-corrected chi connectivity index (χ4v) is 3.83. The number of hydrogen-bond donors (Lipinski definition) is 2. The standard InChI is InChI=1S/C11H17N3O.C11H13NO2/c1-14-8-12-7-10(14)11(15)13-9-5-3-2-4-6-9;1-11(2)9(12-10(13)14-11)8-6-4-3-5-7-8/h7-9H,2-6H2,1H3,(H,13,15);3-7,9H,1-2H3,(H,12,13)/t;9-/m.0/s1. The average Bonchev–Trinajstić information content (AvgIpc) is 3.25. The minimum atomic E-state index is -0.474. The fraction of sp³-hybridized carbons (Fsp3) is 0.500. The molecule has 2 amide bonds. The zero-order valence-corrected chi connectivity index (χ0v) is 17.4. The highest BCUT2D eigenvalue weighted by Crippen LogP contribution is 2.33. The van der Waals surface area contributed by atoms with Gasteiger partial charge in [0, 0.05) is 13.1 Å². The largest absolute Gasteiger partial charge is 0.441 e. The Morgan fingerprint density at radius 3 is 2.45 bits per heavy atom. The number of carbonyl (C=O) groups excluding carboxylic acids is 2. The summed E-state index contributed by atoms with van der Waals surface area (Å²) < 4.78 is 6.91. The summed E-state index contributed by atoms with van der Waals surface area (Å²) >= 11 is 0. The third-order valence-corrected chi connectivity index (χ3v) is 5.44. The summed E-state index contributed by atoms with van der Waals surface area (Å²) in [5.74, 6) is 0.00176. The molecule has 2 aliphatic rings. The maximum atomic E-state index is 11.8. The van der Waals surface area contributed by atoms with E-state index in [1.165, 1.54) is 19.3 Å². The first-order chi connectivity index (χ1) is 13.9. The summed E-state index contributed by atoms with van der Waals surface area (Å²) in [5.41, 5.74) is 1.24. The van der Waals surface area contributed by atoms with E-state index in [1.54, 1.807) is 17.1 Å². The maximum Gasteiger partial charge on any atom is 0.408 e. The Bertz CT molecular complexity index is 826. The molecule has 2 fully saturated rings. The third kappa shape index (κ3) is 5.37. The van der Waals surface area contributed by atoms with Gasteiger partial charge in [-0.1, -0.05) is 49.6 Å². The van der Waals surface area contributed by atoms with Crippen LogP contribution in [-0.4, -0.2) is 33.2 Å². The van der Waals surface area contributed by atoms with Gasteiger partial charge in [0.15, 0.2) is 0 Å². The molecule has 1 saturated carbocycles. The average molecular weight is 399 g/mol. The molecule has 0 radical (unpaired) electrons. The third-order valence-electron chi connectivity index (χ3n) is 5.44. The minimum Gasteiger partial charge on any atom is -0.441 e. The van der Waals surface area contributed by atoms with E-state index in [-0.39, 0.29) is 18.0 Å². The Balaban J connectivity index is 0.000000166. The van der Waals surface area contributed by atoms with E-state index in [4.69, 9.17) is 4.74 Å². The van der Waals surface area contributed by atoms with Crippen LogP contribution in [-0.2, 0) is 11.8 Å². The number of imidazole rings is 1. The van der Waals surface area contributed by atoms with Gasteiger partial charge in [-0.3, -0.25) is 4.79 Å². The topological polar surface area (TPSA) is 85.2 Å².